The van der Waals surface area contributed by atoms with Crippen molar-refractivity contribution < 1.29 is 9.32 Å². The van der Waals surface area contributed by atoms with Gasteiger partial charge in [0.05, 0.1) is 6.04 Å². The molecular weight excluding hydrogens is 330 g/mol. The average molecular weight is 357 g/mol. The van der Waals surface area contributed by atoms with Crippen molar-refractivity contribution in [1.29, 1.82) is 0 Å². The van der Waals surface area contributed by atoms with Crippen molar-refractivity contribution in [3.8, 4) is 0 Å². The predicted molar refractivity (Wildman–Crippen MR) is 97.5 cm³/mol. The third-order valence-electron chi connectivity index (χ3n) is 4.55. The van der Waals surface area contributed by atoms with Gasteiger partial charge in [-0.05, 0) is 18.1 Å². The summed E-state index contributed by atoms with van der Waals surface area (Å²) in [5.74, 6) is 1.47. The van der Waals surface area contributed by atoms with Crippen molar-refractivity contribution >= 4 is 5.91 Å². The van der Waals surface area contributed by atoms with Crippen LogP contribution < -0.4 is 5.32 Å². The smallest absolute Gasteiger partial charge is 0.226 e. The van der Waals surface area contributed by atoms with Gasteiger partial charge in [0.1, 0.15) is 0 Å². The molecule has 1 amide bonds. The van der Waals surface area contributed by atoms with Crippen molar-refractivity contribution in [3.05, 3.63) is 41.8 Å². The number of nitrogens with zero attached hydrogens (tertiary/aromatic N) is 4. The molecule has 1 unspecified atom stereocenters. The van der Waals surface area contributed by atoms with Gasteiger partial charge >= 0.3 is 0 Å². The van der Waals surface area contributed by atoms with E-state index in [4.69, 9.17) is 4.52 Å². The van der Waals surface area contributed by atoms with Crippen molar-refractivity contribution in [2.24, 2.45) is 0 Å². The molecular formula is C19H27N5O2. The average Bonchev–Trinajstić information content (AvgIpc) is 3.12. The van der Waals surface area contributed by atoms with Gasteiger partial charge in [-0.25, -0.2) is 0 Å². The number of amides is 1. The Labute approximate surface area is 154 Å². The second-order valence-electron chi connectivity index (χ2n) is 7.71. The van der Waals surface area contributed by atoms with E-state index in [1.165, 1.54) is 0 Å². The molecule has 2 aromatic heterocycles. The molecule has 1 saturated heterocycles. The Bertz CT molecular complexity index is 723. The van der Waals surface area contributed by atoms with Crippen LogP contribution in [0.25, 0.3) is 0 Å². The summed E-state index contributed by atoms with van der Waals surface area (Å²) in [6, 6.07) is 3.98. The van der Waals surface area contributed by atoms with Gasteiger partial charge < -0.3 is 14.7 Å². The maximum atomic E-state index is 12.7. The van der Waals surface area contributed by atoms with E-state index in [1.54, 1.807) is 6.20 Å². The lowest BCUT2D eigenvalue weighted by Gasteiger charge is -2.36. The van der Waals surface area contributed by atoms with E-state index in [9.17, 15) is 4.79 Å². The van der Waals surface area contributed by atoms with Crippen LogP contribution in [0, 0.1) is 0 Å². The Morgan fingerprint density at radius 1 is 1.42 bits per heavy atom. The fourth-order valence-corrected chi connectivity index (χ4v) is 3.07. The Kier molecular flexibility index (Phi) is 5.66. The van der Waals surface area contributed by atoms with Gasteiger partial charge in [-0.15, -0.1) is 0 Å². The zero-order valence-electron chi connectivity index (χ0n) is 15.7. The number of carbonyl (C=O) groups excluding carboxylic acids is 1. The SMILES string of the molecule is CC(C)(C)c1noc(CCCC(=O)N2CCNCC2c2cccnc2)n1. The van der Waals surface area contributed by atoms with Gasteiger partial charge in [0, 0.05) is 50.3 Å². The van der Waals surface area contributed by atoms with E-state index >= 15 is 0 Å². The van der Waals surface area contributed by atoms with Gasteiger partial charge in [-0.1, -0.05) is 32.0 Å². The van der Waals surface area contributed by atoms with Gasteiger partial charge in [-0.2, -0.15) is 4.98 Å². The van der Waals surface area contributed by atoms with Crippen molar-refractivity contribution in [2.75, 3.05) is 19.6 Å². The Morgan fingerprint density at radius 3 is 2.96 bits per heavy atom. The summed E-state index contributed by atoms with van der Waals surface area (Å²) in [4.78, 5) is 23.3. The Balaban J connectivity index is 1.56. The van der Waals surface area contributed by atoms with Crippen LogP contribution in [-0.4, -0.2) is 45.6 Å². The zero-order chi connectivity index (χ0) is 18.6. The first-order chi connectivity index (χ1) is 12.4. The highest BCUT2D eigenvalue weighted by Crippen LogP contribution is 2.23. The van der Waals surface area contributed by atoms with Gasteiger partial charge in [0.15, 0.2) is 5.82 Å². The number of aromatic nitrogens is 3. The highest BCUT2D eigenvalue weighted by molar-refractivity contribution is 5.76. The first-order valence-electron chi connectivity index (χ1n) is 9.18. The third kappa shape index (κ3) is 4.46. The summed E-state index contributed by atoms with van der Waals surface area (Å²) in [6.07, 6.45) is 5.39. The molecule has 1 atom stereocenters. The lowest BCUT2D eigenvalue weighted by molar-refractivity contribution is -0.134. The molecule has 26 heavy (non-hydrogen) atoms. The molecule has 3 rings (SSSR count). The van der Waals surface area contributed by atoms with Gasteiger partial charge in [0.25, 0.3) is 0 Å². The third-order valence-corrected chi connectivity index (χ3v) is 4.55. The number of nitrogens with one attached hydrogen (secondary N) is 1. The lowest BCUT2D eigenvalue weighted by atomic mass is 9.96. The fraction of sp³-hybridized carbons (Fsp3) is 0.579. The zero-order valence-corrected chi connectivity index (χ0v) is 15.7. The van der Waals surface area contributed by atoms with E-state index in [2.05, 4.69) is 20.4 Å². The highest BCUT2D eigenvalue weighted by atomic mass is 16.5. The van der Waals surface area contributed by atoms with Crippen LogP contribution >= 0.6 is 0 Å². The second-order valence-corrected chi connectivity index (χ2v) is 7.71. The number of piperazine rings is 1. The van der Waals surface area contributed by atoms with Gasteiger partial charge in [0.2, 0.25) is 11.8 Å². The molecule has 7 nitrogen and oxygen atoms in total. The standard InChI is InChI=1S/C19H27N5O2/c1-19(2,3)18-22-16(26-23-18)7-4-8-17(25)24-11-10-21-13-15(24)14-6-5-9-20-12-14/h5-6,9,12,15,21H,4,7-8,10-11,13H2,1-3H3. The lowest BCUT2D eigenvalue weighted by Crippen LogP contribution is -2.48. The minimum absolute atomic E-state index is 0.0425. The molecule has 1 N–H and O–H groups in total. The molecule has 0 saturated carbocycles. The predicted octanol–water partition coefficient (Wildman–Crippen LogP) is 2.26. The monoisotopic (exact) mass is 357 g/mol. The summed E-state index contributed by atoms with van der Waals surface area (Å²) in [5, 5.41) is 7.39. The Hall–Kier alpha value is -2.28. The number of pyridine rings is 1. The molecule has 0 spiro atoms. The number of rotatable bonds is 5. The van der Waals surface area contributed by atoms with Crippen molar-refractivity contribution in [2.45, 2.75) is 51.5 Å². The summed E-state index contributed by atoms with van der Waals surface area (Å²) >= 11 is 0. The van der Waals surface area contributed by atoms with E-state index in [1.807, 2.05) is 44.0 Å². The maximum Gasteiger partial charge on any atom is 0.226 e. The summed E-state index contributed by atoms with van der Waals surface area (Å²) in [6.45, 7) is 8.45. The summed E-state index contributed by atoms with van der Waals surface area (Å²) in [5.41, 5.74) is 0.940. The molecule has 2 aromatic rings. The number of aryl methyl sites for hydroxylation is 1. The van der Waals surface area contributed by atoms with Crippen LogP contribution in [0.1, 0.15) is 56.9 Å². The number of hydrogen-bond acceptors (Lipinski definition) is 6. The fourth-order valence-electron chi connectivity index (χ4n) is 3.07. The van der Waals surface area contributed by atoms with Crippen LogP contribution in [0.15, 0.2) is 29.0 Å². The van der Waals surface area contributed by atoms with E-state index in [0.29, 0.717) is 37.5 Å². The maximum absolute atomic E-state index is 12.7. The summed E-state index contributed by atoms with van der Waals surface area (Å²) < 4.78 is 5.30. The molecule has 0 bridgehead atoms. The molecule has 7 heteroatoms. The van der Waals surface area contributed by atoms with E-state index in [0.717, 1.165) is 18.7 Å². The first-order valence-corrected chi connectivity index (χ1v) is 9.18. The van der Waals surface area contributed by atoms with Crippen molar-refractivity contribution in [1.82, 2.24) is 25.3 Å². The minimum atomic E-state index is -0.130. The van der Waals surface area contributed by atoms with E-state index < -0.39 is 0 Å². The van der Waals surface area contributed by atoms with Crippen LogP contribution in [0.2, 0.25) is 0 Å². The highest BCUT2D eigenvalue weighted by Gasteiger charge is 2.27. The molecule has 1 fully saturated rings. The number of hydrogen-bond donors (Lipinski definition) is 1. The van der Waals surface area contributed by atoms with Crippen LogP contribution in [0.3, 0.4) is 0 Å². The molecule has 0 aliphatic carbocycles. The van der Waals surface area contributed by atoms with Gasteiger partial charge in [-0.3, -0.25) is 9.78 Å². The van der Waals surface area contributed by atoms with Crippen LogP contribution in [0.4, 0.5) is 0 Å². The molecule has 1 aliphatic rings. The molecule has 0 radical (unpaired) electrons. The second kappa shape index (κ2) is 7.95. The first kappa shape index (κ1) is 18.5. The van der Waals surface area contributed by atoms with Crippen LogP contribution in [0.5, 0.6) is 0 Å². The van der Waals surface area contributed by atoms with Crippen molar-refractivity contribution in [3.63, 3.8) is 0 Å². The normalized spacial score (nSPS) is 18.1. The molecule has 1 aliphatic heterocycles. The Morgan fingerprint density at radius 2 is 2.27 bits per heavy atom. The molecule has 0 aromatic carbocycles. The molecule has 140 valence electrons. The minimum Gasteiger partial charge on any atom is -0.339 e. The quantitative estimate of drug-likeness (QED) is 0.884. The molecule has 3 heterocycles. The van der Waals surface area contributed by atoms with E-state index in [-0.39, 0.29) is 17.4 Å². The van der Waals surface area contributed by atoms with Crippen LogP contribution in [-0.2, 0) is 16.6 Å². The summed E-state index contributed by atoms with van der Waals surface area (Å²) in [7, 11) is 0. The largest absolute Gasteiger partial charge is 0.339 e. The number of carbonyl (C=O) groups is 1. The topological polar surface area (TPSA) is 84.2 Å².